The van der Waals surface area contributed by atoms with Crippen molar-refractivity contribution in [3.63, 3.8) is 0 Å². The molecule has 2 heterocycles. The van der Waals surface area contributed by atoms with E-state index in [1.165, 1.54) is 0 Å². The second-order valence-electron chi connectivity index (χ2n) is 9.58. The molecule has 1 aliphatic carbocycles. The lowest BCUT2D eigenvalue weighted by atomic mass is 10.00. The predicted octanol–water partition coefficient (Wildman–Crippen LogP) is 5.97. The average molecular weight is 478 g/mol. The zero-order chi connectivity index (χ0) is 24.7. The Morgan fingerprint density at radius 3 is 2.58 bits per heavy atom. The van der Waals surface area contributed by atoms with Crippen LogP contribution in [0, 0.1) is 0 Å². The fourth-order valence-corrected chi connectivity index (χ4v) is 4.76. The molecule has 0 radical (unpaired) electrons. The van der Waals surface area contributed by atoms with Crippen LogP contribution < -0.4 is 11.1 Å². The van der Waals surface area contributed by atoms with Gasteiger partial charge in [-0.3, -0.25) is 9.72 Å². The van der Waals surface area contributed by atoms with Crippen LogP contribution in [0.15, 0.2) is 79.1 Å². The Labute approximate surface area is 208 Å². The van der Waals surface area contributed by atoms with E-state index in [2.05, 4.69) is 21.6 Å². The standard InChI is InChI=1S/C29H27N5O2/c1-29(14-15-29)27-33-24(25-26(30)31-16-17-34(25)27)22-11-12-23(21-10-6-5-9-20(21)22)32-28(35)36-18-13-19-7-3-2-4-8-19/h2-12,16-17H,13-15,18H2,1H3,(H2,30,31)(H,32,35). The molecule has 3 aromatic carbocycles. The first-order chi connectivity index (χ1) is 17.5. The van der Waals surface area contributed by atoms with Crippen LogP contribution in [0.3, 0.4) is 0 Å². The minimum Gasteiger partial charge on any atom is -0.449 e. The van der Waals surface area contributed by atoms with Gasteiger partial charge in [0.25, 0.3) is 0 Å². The third-order valence-corrected chi connectivity index (χ3v) is 7.01. The summed E-state index contributed by atoms with van der Waals surface area (Å²) < 4.78 is 7.52. The Balaban J connectivity index is 1.33. The van der Waals surface area contributed by atoms with Crippen molar-refractivity contribution in [3.05, 3.63) is 90.5 Å². The van der Waals surface area contributed by atoms with Crippen LogP contribution in [0.25, 0.3) is 27.5 Å². The normalized spacial score (nSPS) is 14.1. The fraction of sp³-hybridized carbons (Fsp3) is 0.207. The number of ether oxygens (including phenoxy) is 1. The van der Waals surface area contributed by atoms with Crippen LogP contribution in [0.4, 0.5) is 16.3 Å². The lowest BCUT2D eigenvalue weighted by Gasteiger charge is -2.12. The molecule has 5 aromatic rings. The number of nitrogens with one attached hydrogen (secondary N) is 1. The van der Waals surface area contributed by atoms with Crippen molar-refractivity contribution in [2.75, 3.05) is 17.7 Å². The predicted molar refractivity (Wildman–Crippen MR) is 142 cm³/mol. The van der Waals surface area contributed by atoms with E-state index in [-0.39, 0.29) is 5.41 Å². The van der Waals surface area contributed by atoms with Gasteiger partial charge in [0.05, 0.1) is 12.3 Å². The summed E-state index contributed by atoms with van der Waals surface area (Å²) in [6, 6.07) is 21.8. The van der Waals surface area contributed by atoms with Gasteiger partial charge < -0.3 is 10.5 Å². The van der Waals surface area contributed by atoms with Crippen molar-refractivity contribution >= 4 is 33.9 Å². The highest BCUT2D eigenvalue weighted by atomic mass is 16.5. The van der Waals surface area contributed by atoms with E-state index in [0.717, 1.165) is 51.8 Å². The highest BCUT2D eigenvalue weighted by Crippen LogP contribution is 2.49. The number of amides is 1. The Kier molecular flexibility index (Phi) is 5.33. The number of nitrogens with two attached hydrogens (primary N) is 1. The van der Waals surface area contributed by atoms with Crippen LogP contribution in [0.5, 0.6) is 0 Å². The summed E-state index contributed by atoms with van der Waals surface area (Å²) in [5.74, 6) is 1.46. The number of benzene rings is 3. The van der Waals surface area contributed by atoms with E-state index in [1.54, 1.807) is 6.20 Å². The van der Waals surface area contributed by atoms with E-state index < -0.39 is 6.09 Å². The number of rotatable bonds is 6. The molecule has 7 heteroatoms. The molecule has 180 valence electrons. The Morgan fingerprint density at radius 2 is 1.81 bits per heavy atom. The number of nitrogens with zero attached hydrogens (tertiary/aromatic N) is 3. The third-order valence-electron chi connectivity index (χ3n) is 7.01. The molecule has 0 bridgehead atoms. The molecular formula is C29H27N5O2. The summed E-state index contributed by atoms with van der Waals surface area (Å²) >= 11 is 0. The summed E-state index contributed by atoms with van der Waals surface area (Å²) in [6.45, 7) is 2.54. The maximum atomic E-state index is 12.6. The number of anilines is 2. The number of imidazole rings is 1. The SMILES string of the molecule is CC1(c2nc(-c3ccc(NC(=O)OCCc4ccccc4)c4ccccc34)c3c(N)nccn23)CC1. The number of fused-ring (bicyclic) bond motifs is 2. The summed E-state index contributed by atoms with van der Waals surface area (Å²) in [6.07, 6.45) is 6.04. The van der Waals surface area contributed by atoms with E-state index in [4.69, 9.17) is 15.5 Å². The Hall–Kier alpha value is -4.39. The second-order valence-corrected chi connectivity index (χ2v) is 9.58. The maximum Gasteiger partial charge on any atom is 0.411 e. The molecule has 1 aliphatic rings. The second kappa shape index (κ2) is 8.68. The minimum absolute atomic E-state index is 0.0514. The number of aromatic nitrogens is 3. The van der Waals surface area contributed by atoms with Gasteiger partial charge in [0.1, 0.15) is 22.9 Å². The van der Waals surface area contributed by atoms with Crippen molar-refractivity contribution in [3.8, 4) is 11.3 Å². The minimum atomic E-state index is -0.478. The smallest absolute Gasteiger partial charge is 0.411 e. The molecule has 3 N–H and O–H groups in total. The van der Waals surface area contributed by atoms with Crippen molar-refractivity contribution in [1.82, 2.24) is 14.4 Å². The van der Waals surface area contributed by atoms with Crippen LogP contribution >= 0.6 is 0 Å². The number of nitrogen functional groups attached to an aromatic ring is 1. The van der Waals surface area contributed by atoms with Gasteiger partial charge >= 0.3 is 6.09 Å². The number of carbonyl (C=O) groups excluding carboxylic acids is 1. The molecule has 2 aromatic heterocycles. The lowest BCUT2D eigenvalue weighted by Crippen LogP contribution is -2.15. The molecule has 1 fully saturated rings. The molecule has 6 rings (SSSR count). The van der Waals surface area contributed by atoms with Gasteiger partial charge in [0.15, 0.2) is 0 Å². The Morgan fingerprint density at radius 1 is 1.06 bits per heavy atom. The van der Waals surface area contributed by atoms with E-state index >= 15 is 0 Å². The third kappa shape index (κ3) is 3.92. The van der Waals surface area contributed by atoms with Gasteiger partial charge in [-0.15, -0.1) is 0 Å². The summed E-state index contributed by atoms with van der Waals surface area (Å²) in [5, 5.41) is 4.78. The van der Waals surface area contributed by atoms with Gasteiger partial charge in [-0.1, -0.05) is 67.6 Å². The first-order valence-corrected chi connectivity index (χ1v) is 12.2. The monoisotopic (exact) mass is 477 g/mol. The van der Waals surface area contributed by atoms with Crippen molar-refractivity contribution in [2.24, 2.45) is 0 Å². The zero-order valence-electron chi connectivity index (χ0n) is 20.1. The zero-order valence-corrected chi connectivity index (χ0v) is 20.1. The van der Waals surface area contributed by atoms with Gasteiger partial charge in [-0.2, -0.15) is 0 Å². The van der Waals surface area contributed by atoms with Crippen LogP contribution in [0.1, 0.15) is 31.2 Å². The molecular weight excluding hydrogens is 450 g/mol. The van der Waals surface area contributed by atoms with Gasteiger partial charge in [0.2, 0.25) is 0 Å². The van der Waals surface area contributed by atoms with E-state index in [0.29, 0.717) is 24.5 Å². The van der Waals surface area contributed by atoms with Gasteiger partial charge in [0, 0.05) is 35.2 Å². The number of hydrogen-bond acceptors (Lipinski definition) is 5. The molecule has 0 spiro atoms. The number of hydrogen-bond donors (Lipinski definition) is 2. The van der Waals surface area contributed by atoms with Crippen molar-refractivity contribution in [1.29, 1.82) is 0 Å². The molecule has 0 atom stereocenters. The van der Waals surface area contributed by atoms with E-state index in [1.807, 2.05) is 72.9 Å². The average Bonchev–Trinajstić information content (AvgIpc) is 3.51. The van der Waals surface area contributed by atoms with Crippen molar-refractivity contribution < 1.29 is 9.53 Å². The fourth-order valence-electron chi connectivity index (χ4n) is 4.76. The van der Waals surface area contributed by atoms with Crippen LogP contribution in [0.2, 0.25) is 0 Å². The van der Waals surface area contributed by atoms with E-state index in [9.17, 15) is 4.79 Å². The quantitative estimate of drug-likeness (QED) is 0.314. The summed E-state index contributed by atoms with van der Waals surface area (Å²) in [7, 11) is 0. The summed E-state index contributed by atoms with van der Waals surface area (Å²) in [4.78, 5) is 22.0. The first kappa shape index (κ1) is 22.1. The maximum absolute atomic E-state index is 12.6. The van der Waals surface area contributed by atoms with Gasteiger partial charge in [-0.25, -0.2) is 14.8 Å². The molecule has 0 saturated heterocycles. The largest absolute Gasteiger partial charge is 0.449 e. The first-order valence-electron chi connectivity index (χ1n) is 12.2. The highest BCUT2D eigenvalue weighted by Gasteiger charge is 2.43. The molecule has 36 heavy (non-hydrogen) atoms. The molecule has 0 unspecified atom stereocenters. The van der Waals surface area contributed by atoms with Crippen LogP contribution in [-0.4, -0.2) is 27.1 Å². The molecule has 7 nitrogen and oxygen atoms in total. The molecule has 1 amide bonds. The van der Waals surface area contributed by atoms with Crippen molar-refractivity contribution in [2.45, 2.75) is 31.6 Å². The highest BCUT2D eigenvalue weighted by molar-refractivity contribution is 6.08. The van der Waals surface area contributed by atoms with Gasteiger partial charge in [-0.05, 0) is 29.9 Å². The van der Waals surface area contributed by atoms with Crippen LogP contribution in [-0.2, 0) is 16.6 Å². The Bertz CT molecular complexity index is 1590. The topological polar surface area (TPSA) is 94.5 Å². The number of carbonyl (C=O) groups is 1. The summed E-state index contributed by atoms with van der Waals surface area (Å²) in [5.41, 5.74) is 10.8. The molecule has 0 aliphatic heterocycles. The molecule has 1 saturated carbocycles. The lowest BCUT2D eigenvalue weighted by molar-refractivity contribution is 0.163.